The van der Waals surface area contributed by atoms with E-state index in [1.807, 2.05) is 31.2 Å². The van der Waals surface area contributed by atoms with Crippen LogP contribution < -0.4 is 10.6 Å². The van der Waals surface area contributed by atoms with Gasteiger partial charge in [0.2, 0.25) is 21.8 Å². The number of carbonyl (C=O) groups excluding carboxylic acids is 2. The molecule has 0 spiro atoms. The SMILES string of the molecule is Cc1ccc(C[C@H](NC(=O)[C@@H]2CCCCN2S(=O)(=O)c2cccc(C(F)(F)F)c2)C(=O)NC2CCCCC2)cc1. The van der Waals surface area contributed by atoms with Crippen molar-refractivity contribution in [2.45, 2.75) is 93.9 Å². The van der Waals surface area contributed by atoms with Crippen LogP contribution in [0.4, 0.5) is 13.2 Å². The van der Waals surface area contributed by atoms with Crippen LogP contribution in [0.5, 0.6) is 0 Å². The fraction of sp³-hybridized carbons (Fsp3) is 0.517. The number of benzene rings is 2. The summed E-state index contributed by atoms with van der Waals surface area (Å²) in [6, 6.07) is 9.08. The summed E-state index contributed by atoms with van der Waals surface area (Å²) in [5, 5.41) is 5.85. The molecule has 7 nitrogen and oxygen atoms in total. The van der Waals surface area contributed by atoms with E-state index >= 15 is 0 Å². The molecule has 1 saturated carbocycles. The first-order valence-corrected chi connectivity index (χ1v) is 15.2. The van der Waals surface area contributed by atoms with Crippen LogP contribution in [-0.4, -0.2) is 49.2 Å². The van der Waals surface area contributed by atoms with Crippen molar-refractivity contribution in [3.8, 4) is 0 Å². The Morgan fingerprint density at radius 2 is 1.65 bits per heavy atom. The molecular weight excluding hydrogens is 543 g/mol. The van der Waals surface area contributed by atoms with Crippen LogP contribution in [0.1, 0.15) is 68.1 Å². The highest BCUT2D eigenvalue weighted by atomic mass is 32.2. The van der Waals surface area contributed by atoms with Gasteiger partial charge in [0.1, 0.15) is 12.1 Å². The van der Waals surface area contributed by atoms with E-state index in [-0.39, 0.29) is 31.3 Å². The molecule has 2 aromatic rings. The maximum Gasteiger partial charge on any atom is 0.416 e. The summed E-state index contributed by atoms with van der Waals surface area (Å²) in [7, 11) is -4.41. The van der Waals surface area contributed by atoms with E-state index in [1.165, 1.54) is 0 Å². The molecule has 1 heterocycles. The van der Waals surface area contributed by atoms with Gasteiger partial charge in [-0.3, -0.25) is 9.59 Å². The monoisotopic (exact) mass is 579 g/mol. The Balaban J connectivity index is 1.56. The predicted octanol–water partition coefficient (Wildman–Crippen LogP) is 4.73. The molecule has 1 aliphatic heterocycles. The first kappa shape index (κ1) is 30.0. The van der Waals surface area contributed by atoms with Crippen molar-refractivity contribution < 1.29 is 31.2 Å². The van der Waals surface area contributed by atoms with E-state index in [0.29, 0.717) is 18.9 Å². The Kier molecular flexibility index (Phi) is 9.56. The number of nitrogens with one attached hydrogen (secondary N) is 2. The van der Waals surface area contributed by atoms with Gasteiger partial charge in [-0.25, -0.2) is 8.42 Å². The average Bonchev–Trinajstić information content (AvgIpc) is 2.94. The molecule has 0 radical (unpaired) electrons. The first-order chi connectivity index (χ1) is 18.9. The third-order valence-corrected chi connectivity index (χ3v) is 9.57. The predicted molar refractivity (Wildman–Crippen MR) is 145 cm³/mol. The molecule has 2 fully saturated rings. The Morgan fingerprint density at radius 3 is 2.33 bits per heavy atom. The molecule has 0 aromatic heterocycles. The van der Waals surface area contributed by atoms with E-state index in [9.17, 15) is 31.2 Å². The lowest BCUT2D eigenvalue weighted by Gasteiger charge is -2.35. The van der Waals surface area contributed by atoms with Crippen molar-refractivity contribution in [2.24, 2.45) is 0 Å². The molecule has 2 N–H and O–H groups in total. The molecule has 4 rings (SSSR count). The Bertz CT molecular complexity index is 1290. The molecule has 0 unspecified atom stereocenters. The summed E-state index contributed by atoms with van der Waals surface area (Å²) in [5.41, 5.74) is 0.810. The molecule has 0 bridgehead atoms. The third-order valence-electron chi connectivity index (χ3n) is 7.67. The number of nitrogens with zero attached hydrogens (tertiary/aromatic N) is 1. The third kappa shape index (κ3) is 7.42. The lowest BCUT2D eigenvalue weighted by molar-refractivity contribution is -0.137. The zero-order chi connectivity index (χ0) is 28.9. The minimum Gasteiger partial charge on any atom is -0.352 e. The van der Waals surface area contributed by atoms with Crippen molar-refractivity contribution in [2.75, 3.05) is 6.54 Å². The molecular formula is C29H36F3N3O4S. The normalized spacial score (nSPS) is 20.1. The van der Waals surface area contributed by atoms with Crippen LogP contribution in [0, 0.1) is 6.92 Å². The summed E-state index contributed by atoms with van der Waals surface area (Å²) >= 11 is 0. The van der Waals surface area contributed by atoms with Crippen molar-refractivity contribution in [3.05, 3.63) is 65.2 Å². The van der Waals surface area contributed by atoms with Gasteiger partial charge in [0.25, 0.3) is 0 Å². The number of hydrogen-bond donors (Lipinski definition) is 2. The van der Waals surface area contributed by atoms with Crippen molar-refractivity contribution >= 4 is 21.8 Å². The summed E-state index contributed by atoms with van der Waals surface area (Å²) in [5.74, 6) is -0.963. The van der Waals surface area contributed by atoms with Crippen LogP contribution in [0.15, 0.2) is 53.4 Å². The Labute approximate surface area is 233 Å². The zero-order valence-corrected chi connectivity index (χ0v) is 23.4. The number of rotatable bonds is 8. The standard InChI is InChI=1S/C29H36F3N3O4S/c1-20-13-15-21(16-14-20)18-25(27(36)33-23-9-3-2-4-10-23)34-28(37)26-12-5-6-17-35(26)40(38,39)24-11-7-8-22(19-24)29(30,31)32/h7-8,11,13-16,19,23,25-26H,2-6,9-10,12,17-18H2,1H3,(H,33,36)(H,34,37)/t25-,26-/m0/s1. The van der Waals surface area contributed by atoms with Crippen LogP contribution in [0.3, 0.4) is 0 Å². The van der Waals surface area contributed by atoms with Gasteiger partial charge in [-0.1, -0.05) is 61.6 Å². The molecule has 1 aliphatic carbocycles. The fourth-order valence-corrected chi connectivity index (χ4v) is 7.11. The second-order valence-corrected chi connectivity index (χ2v) is 12.6. The first-order valence-electron chi connectivity index (χ1n) is 13.8. The van der Waals surface area contributed by atoms with Crippen LogP contribution >= 0.6 is 0 Å². The smallest absolute Gasteiger partial charge is 0.352 e. The van der Waals surface area contributed by atoms with Gasteiger partial charge in [-0.15, -0.1) is 0 Å². The van der Waals surface area contributed by atoms with E-state index in [4.69, 9.17) is 0 Å². The highest BCUT2D eigenvalue weighted by Gasteiger charge is 2.40. The minimum absolute atomic E-state index is 0.00638. The molecule has 1 saturated heterocycles. The number of aryl methyl sites for hydroxylation is 1. The van der Waals surface area contributed by atoms with E-state index in [2.05, 4.69) is 10.6 Å². The van der Waals surface area contributed by atoms with Gasteiger partial charge in [-0.05, 0) is 56.4 Å². The lowest BCUT2D eigenvalue weighted by Crippen LogP contribution is -2.57. The number of halogens is 3. The summed E-state index contributed by atoms with van der Waals surface area (Å²) in [6.07, 6.45) is 1.64. The number of carbonyl (C=O) groups is 2. The maximum atomic E-state index is 13.6. The second kappa shape index (κ2) is 12.7. The van der Waals surface area contributed by atoms with Crippen molar-refractivity contribution in [1.29, 1.82) is 0 Å². The maximum absolute atomic E-state index is 13.6. The minimum atomic E-state index is -4.71. The Hall–Kier alpha value is -2.92. The van der Waals surface area contributed by atoms with E-state index in [1.54, 1.807) is 0 Å². The zero-order valence-electron chi connectivity index (χ0n) is 22.5. The lowest BCUT2D eigenvalue weighted by atomic mass is 9.94. The highest BCUT2D eigenvalue weighted by molar-refractivity contribution is 7.89. The number of hydrogen-bond acceptors (Lipinski definition) is 4. The molecule has 40 heavy (non-hydrogen) atoms. The molecule has 2 atom stereocenters. The van der Waals surface area contributed by atoms with E-state index < -0.39 is 44.6 Å². The van der Waals surface area contributed by atoms with Gasteiger partial charge in [0.15, 0.2) is 0 Å². The van der Waals surface area contributed by atoms with Crippen molar-refractivity contribution in [1.82, 2.24) is 14.9 Å². The molecule has 2 aliphatic rings. The highest BCUT2D eigenvalue weighted by Crippen LogP contribution is 2.32. The largest absolute Gasteiger partial charge is 0.416 e. The van der Waals surface area contributed by atoms with E-state index in [0.717, 1.165) is 65.7 Å². The average molecular weight is 580 g/mol. The Morgan fingerprint density at radius 1 is 0.975 bits per heavy atom. The van der Waals surface area contributed by atoms with Crippen LogP contribution in [-0.2, 0) is 32.2 Å². The molecule has 11 heteroatoms. The second-order valence-electron chi connectivity index (χ2n) is 10.7. The van der Waals surface area contributed by atoms with Gasteiger partial charge < -0.3 is 10.6 Å². The molecule has 218 valence electrons. The summed E-state index contributed by atoms with van der Waals surface area (Å²) in [4.78, 5) is 26.4. The molecule has 2 aromatic carbocycles. The summed E-state index contributed by atoms with van der Waals surface area (Å²) < 4.78 is 67.8. The van der Waals surface area contributed by atoms with Crippen LogP contribution in [0.25, 0.3) is 0 Å². The number of piperidine rings is 1. The van der Waals surface area contributed by atoms with Gasteiger partial charge in [-0.2, -0.15) is 17.5 Å². The number of amides is 2. The topological polar surface area (TPSA) is 95.6 Å². The van der Waals surface area contributed by atoms with Gasteiger partial charge in [0, 0.05) is 19.0 Å². The number of sulfonamides is 1. The molecule has 2 amide bonds. The van der Waals surface area contributed by atoms with Crippen molar-refractivity contribution in [3.63, 3.8) is 0 Å². The number of alkyl halides is 3. The van der Waals surface area contributed by atoms with Gasteiger partial charge in [0.05, 0.1) is 10.5 Å². The fourth-order valence-electron chi connectivity index (χ4n) is 5.41. The van der Waals surface area contributed by atoms with Crippen LogP contribution in [0.2, 0.25) is 0 Å². The quantitative estimate of drug-likeness (QED) is 0.473. The summed E-state index contributed by atoms with van der Waals surface area (Å²) in [6.45, 7) is 1.94. The van der Waals surface area contributed by atoms with Gasteiger partial charge >= 0.3 is 6.18 Å².